The lowest BCUT2D eigenvalue weighted by atomic mass is 10.0. The van der Waals surface area contributed by atoms with E-state index in [1.165, 1.54) is 24.1 Å². The third-order valence-electron chi connectivity index (χ3n) is 4.75. The average molecular weight is 390 g/mol. The van der Waals surface area contributed by atoms with Crippen LogP contribution in [-0.2, 0) is 11.3 Å². The Morgan fingerprint density at radius 2 is 2.00 bits per heavy atom. The van der Waals surface area contributed by atoms with E-state index in [9.17, 15) is 4.79 Å². The standard InChI is InChI=1S/C22H26N6O/c23-13-19(14-24)21-7-8-26-15-18(21)3-6-22(29)27-20-4-1-17(2-5-20)16-28-11-9-25-10-12-28/h1-8,13-15,23,25H,9-12,16,24H2,(H,27,29)/b6-3+,19-14+,23-13?. The smallest absolute Gasteiger partial charge is 0.248 e. The summed E-state index contributed by atoms with van der Waals surface area (Å²) in [4.78, 5) is 18.8. The van der Waals surface area contributed by atoms with E-state index in [0.29, 0.717) is 11.1 Å². The first kappa shape index (κ1) is 20.4. The molecule has 1 aliphatic heterocycles. The summed E-state index contributed by atoms with van der Waals surface area (Å²) in [5.41, 5.74) is 9.58. The second-order valence-corrected chi connectivity index (χ2v) is 6.77. The van der Waals surface area contributed by atoms with Crippen molar-refractivity contribution in [2.75, 3.05) is 31.5 Å². The van der Waals surface area contributed by atoms with Crippen LogP contribution in [0.5, 0.6) is 0 Å². The molecule has 1 fully saturated rings. The van der Waals surface area contributed by atoms with E-state index in [4.69, 9.17) is 11.1 Å². The van der Waals surface area contributed by atoms with Crippen molar-refractivity contribution >= 4 is 29.5 Å². The highest BCUT2D eigenvalue weighted by Crippen LogP contribution is 2.18. The number of amides is 1. The van der Waals surface area contributed by atoms with Crippen molar-refractivity contribution in [3.8, 4) is 0 Å². The number of benzene rings is 1. The van der Waals surface area contributed by atoms with Crippen LogP contribution in [0.2, 0.25) is 0 Å². The van der Waals surface area contributed by atoms with E-state index in [0.717, 1.165) is 44.0 Å². The van der Waals surface area contributed by atoms with Crippen molar-refractivity contribution in [1.82, 2.24) is 15.2 Å². The number of pyridine rings is 1. The van der Waals surface area contributed by atoms with Crippen LogP contribution in [0.25, 0.3) is 11.6 Å². The summed E-state index contributed by atoms with van der Waals surface area (Å²) in [5.74, 6) is -0.234. The summed E-state index contributed by atoms with van der Waals surface area (Å²) in [5, 5.41) is 13.7. The molecule has 1 aliphatic rings. The summed E-state index contributed by atoms with van der Waals surface area (Å²) in [7, 11) is 0. The van der Waals surface area contributed by atoms with Gasteiger partial charge in [0.2, 0.25) is 5.91 Å². The molecule has 0 bridgehead atoms. The van der Waals surface area contributed by atoms with Crippen LogP contribution in [0.3, 0.4) is 0 Å². The minimum absolute atomic E-state index is 0.234. The number of aromatic nitrogens is 1. The van der Waals surface area contributed by atoms with Gasteiger partial charge < -0.3 is 21.8 Å². The number of piperazine rings is 1. The zero-order valence-corrected chi connectivity index (χ0v) is 16.3. The number of carbonyl (C=O) groups is 1. The largest absolute Gasteiger partial charge is 0.404 e. The fourth-order valence-electron chi connectivity index (χ4n) is 3.19. The second kappa shape index (κ2) is 10.3. The molecule has 0 saturated carbocycles. The number of hydrogen-bond acceptors (Lipinski definition) is 6. The molecule has 0 aliphatic carbocycles. The molecule has 0 spiro atoms. The van der Waals surface area contributed by atoms with Gasteiger partial charge in [-0.15, -0.1) is 0 Å². The number of anilines is 1. The second-order valence-electron chi connectivity index (χ2n) is 6.77. The molecular weight excluding hydrogens is 364 g/mol. The number of nitrogens with zero attached hydrogens (tertiary/aromatic N) is 2. The molecule has 2 heterocycles. The minimum Gasteiger partial charge on any atom is -0.404 e. The normalized spacial score (nSPS) is 15.4. The number of carbonyl (C=O) groups excluding carboxylic acids is 1. The van der Waals surface area contributed by atoms with Gasteiger partial charge in [0.15, 0.2) is 0 Å². The predicted octanol–water partition coefficient (Wildman–Crippen LogP) is 2.09. The van der Waals surface area contributed by atoms with Gasteiger partial charge in [-0.3, -0.25) is 14.7 Å². The molecule has 3 rings (SSSR count). The molecule has 1 amide bonds. The molecule has 7 heteroatoms. The zero-order valence-electron chi connectivity index (χ0n) is 16.3. The average Bonchev–Trinajstić information content (AvgIpc) is 2.76. The Labute approximate surface area is 170 Å². The number of allylic oxidation sites excluding steroid dienone is 1. The van der Waals surface area contributed by atoms with Crippen LogP contribution in [-0.4, -0.2) is 48.2 Å². The van der Waals surface area contributed by atoms with Crippen molar-refractivity contribution in [3.05, 3.63) is 71.7 Å². The molecule has 5 N–H and O–H groups in total. The van der Waals surface area contributed by atoms with Crippen LogP contribution in [0.15, 0.2) is 55.0 Å². The van der Waals surface area contributed by atoms with Gasteiger partial charge in [-0.2, -0.15) is 0 Å². The maximum atomic E-state index is 12.3. The lowest BCUT2D eigenvalue weighted by molar-refractivity contribution is -0.111. The number of nitrogens with one attached hydrogen (secondary N) is 3. The first-order valence-electron chi connectivity index (χ1n) is 9.57. The van der Waals surface area contributed by atoms with Crippen molar-refractivity contribution in [2.24, 2.45) is 5.73 Å². The molecular formula is C22H26N6O. The molecule has 0 unspecified atom stereocenters. The summed E-state index contributed by atoms with van der Waals surface area (Å²) in [6, 6.07) is 9.69. The van der Waals surface area contributed by atoms with Gasteiger partial charge >= 0.3 is 0 Å². The summed E-state index contributed by atoms with van der Waals surface area (Å²) in [6.45, 7) is 5.09. The number of rotatable bonds is 7. The van der Waals surface area contributed by atoms with E-state index in [-0.39, 0.29) is 5.91 Å². The van der Waals surface area contributed by atoms with E-state index >= 15 is 0 Å². The lowest BCUT2D eigenvalue weighted by Crippen LogP contribution is -2.42. The van der Waals surface area contributed by atoms with Crippen molar-refractivity contribution < 1.29 is 4.79 Å². The van der Waals surface area contributed by atoms with Crippen LogP contribution in [0.1, 0.15) is 16.7 Å². The van der Waals surface area contributed by atoms with Crippen LogP contribution in [0, 0.1) is 5.41 Å². The molecule has 1 aromatic heterocycles. The van der Waals surface area contributed by atoms with Gasteiger partial charge in [-0.25, -0.2) is 0 Å². The Morgan fingerprint density at radius 1 is 1.24 bits per heavy atom. The van der Waals surface area contributed by atoms with Gasteiger partial charge in [0.1, 0.15) is 0 Å². The van der Waals surface area contributed by atoms with Crippen LogP contribution < -0.4 is 16.4 Å². The fraction of sp³-hybridized carbons (Fsp3) is 0.227. The number of hydrogen-bond donors (Lipinski definition) is 4. The third-order valence-corrected chi connectivity index (χ3v) is 4.75. The fourth-order valence-corrected chi connectivity index (χ4v) is 3.19. The Kier molecular flexibility index (Phi) is 7.27. The van der Waals surface area contributed by atoms with Gasteiger partial charge in [-0.05, 0) is 35.4 Å². The SMILES string of the molecule is N=C/C(=C\N)c1ccncc1/C=C/C(=O)Nc1ccc(CN2CCNCC2)cc1. The number of nitrogens with two attached hydrogens (primary N) is 1. The molecule has 29 heavy (non-hydrogen) atoms. The highest BCUT2D eigenvalue weighted by atomic mass is 16.1. The van der Waals surface area contributed by atoms with Gasteiger partial charge in [0, 0.05) is 80.4 Å². The first-order valence-corrected chi connectivity index (χ1v) is 9.57. The molecule has 0 radical (unpaired) electrons. The maximum absolute atomic E-state index is 12.3. The van der Waals surface area contributed by atoms with Crippen LogP contribution in [0.4, 0.5) is 5.69 Å². The quantitative estimate of drug-likeness (QED) is 0.428. The topological polar surface area (TPSA) is 107 Å². The third kappa shape index (κ3) is 5.84. The first-order chi connectivity index (χ1) is 14.2. The van der Waals surface area contributed by atoms with E-state index in [1.807, 2.05) is 24.3 Å². The molecule has 2 aromatic rings. The van der Waals surface area contributed by atoms with Gasteiger partial charge in [0.25, 0.3) is 0 Å². The van der Waals surface area contributed by atoms with E-state index in [1.54, 1.807) is 24.5 Å². The predicted molar refractivity (Wildman–Crippen MR) is 117 cm³/mol. The van der Waals surface area contributed by atoms with Crippen molar-refractivity contribution in [2.45, 2.75) is 6.54 Å². The Morgan fingerprint density at radius 3 is 2.69 bits per heavy atom. The van der Waals surface area contributed by atoms with E-state index in [2.05, 4.69) is 20.5 Å². The highest BCUT2D eigenvalue weighted by Gasteiger charge is 2.10. The summed E-state index contributed by atoms with van der Waals surface area (Å²) < 4.78 is 0. The van der Waals surface area contributed by atoms with Crippen molar-refractivity contribution in [1.29, 1.82) is 5.41 Å². The molecule has 150 valence electrons. The summed E-state index contributed by atoms with van der Waals surface area (Å²) in [6.07, 6.45) is 8.92. The van der Waals surface area contributed by atoms with Gasteiger partial charge in [0.05, 0.1) is 0 Å². The Hall–Kier alpha value is -3.29. The lowest BCUT2D eigenvalue weighted by Gasteiger charge is -2.27. The Balaban J connectivity index is 1.60. The molecule has 7 nitrogen and oxygen atoms in total. The maximum Gasteiger partial charge on any atom is 0.248 e. The highest BCUT2D eigenvalue weighted by molar-refractivity contribution is 6.10. The van der Waals surface area contributed by atoms with Crippen molar-refractivity contribution in [3.63, 3.8) is 0 Å². The zero-order chi connectivity index (χ0) is 20.5. The van der Waals surface area contributed by atoms with E-state index < -0.39 is 0 Å². The molecule has 1 aromatic carbocycles. The monoisotopic (exact) mass is 390 g/mol. The molecule has 0 atom stereocenters. The van der Waals surface area contributed by atoms with Crippen LogP contribution >= 0.6 is 0 Å². The minimum atomic E-state index is -0.234. The Bertz CT molecular complexity index is 898. The molecule has 1 saturated heterocycles. The summed E-state index contributed by atoms with van der Waals surface area (Å²) >= 11 is 0. The van der Waals surface area contributed by atoms with Gasteiger partial charge in [-0.1, -0.05) is 12.1 Å².